The largest absolute Gasteiger partial charge is 0.378 e. The van der Waals surface area contributed by atoms with Crippen molar-refractivity contribution in [2.45, 2.75) is 13.0 Å². The number of carbonyl (C=O) groups excluding carboxylic acids is 1. The first kappa shape index (κ1) is 17.0. The number of benzene rings is 2. The molecule has 0 spiro atoms. The zero-order valence-corrected chi connectivity index (χ0v) is 14.2. The molecule has 0 saturated carbocycles. The number of ether oxygens (including phenoxy) is 1. The first-order valence-corrected chi connectivity index (χ1v) is 7.67. The van der Waals surface area contributed by atoms with Crippen LogP contribution >= 0.6 is 0 Å². The SMILES string of the molecule is COC(CNC(=O)c1ccc(N(C)C)cc1)c1ccccc1C. The first-order chi connectivity index (χ1) is 11.0. The normalized spacial score (nSPS) is 11.8. The summed E-state index contributed by atoms with van der Waals surface area (Å²) in [6.07, 6.45) is -0.152. The van der Waals surface area contributed by atoms with Crippen LogP contribution in [0.1, 0.15) is 27.6 Å². The second-order valence-corrected chi connectivity index (χ2v) is 5.73. The number of carbonyl (C=O) groups is 1. The molecule has 122 valence electrons. The van der Waals surface area contributed by atoms with Crippen LogP contribution in [0.4, 0.5) is 5.69 Å². The number of methoxy groups -OCH3 is 1. The number of amides is 1. The molecule has 2 rings (SSSR count). The van der Waals surface area contributed by atoms with Gasteiger partial charge in [-0.2, -0.15) is 0 Å². The highest BCUT2D eigenvalue weighted by atomic mass is 16.5. The van der Waals surface area contributed by atoms with Gasteiger partial charge in [0.2, 0.25) is 0 Å². The Morgan fingerprint density at radius 3 is 2.35 bits per heavy atom. The minimum Gasteiger partial charge on any atom is -0.378 e. The van der Waals surface area contributed by atoms with Gasteiger partial charge in [-0.3, -0.25) is 4.79 Å². The quantitative estimate of drug-likeness (QED) is 0.891. The van der Waals surface area contributed by atoms with E-state index in [4.69, 9.17) is 4.74 Å². The molecule has 0 aliphatic heterocycles. The van der Waals surface area contributed by atoms with Gasteiger partial charge in [0, 0.05) is 39.0 Å². The van der Waals surface area contributed by atoms with E-state index in [1.807, 2.05) is 74.4 Å². The number of rotatable bonds is 6. The molecule has 4 heteroatoms. The van der Waals surface area contributed by atoms with Crippen molar-refractivity contribution in [1.82, 2.24) is 5.32 Å². The third kappa shape index (κ3) is 4.33. The van der Waals surface area contributed by atoms with Crippen molar-refractivity contribution in [3.8, 4) is 0 Å². The zero-order valence-electron chi connectivity index (χ0n) is 14.2. The van der Waals surface area contributed by atoms with Gasteiger partial charge in [0.25, 0.3) is 5.91 Å². The Balaban J connectivity index is 2.01. The minimum absolute atomic E-state index is 0.0917. The average Bonchev–Trinajstić information content (AvgIpc) is 2.56. The highest BCUT2D eigenvalue weighted by Crippen LogP contribution is 2.20. The van der Waals surface area contributed by atoms with Crippen molar-refractivity contribution in [3.05, 3.63) is 65.2 Å². The summed E-state index contributed by atoms with van der Waals surface area (Å²) in [4.78, 5) is 14.3. The number of hydrogen-bond acceptors (Lipinski definition) is 3. The number of nitrogens with one attached hydrogen (secondary N) is 1. The fourth-order valence-electron chi connectivity index (χ4n) is 2.47. The van der Waals surface area contributed by atoms with E-state index in [1.165, 1.54) is 0 Å². The van der Waals surface area contributed by atoms with Crippen LogP contribution in [0.5, 0.6) is 0 Å². The van der Waals surface area contributed by atoms with Gasteiger partial charge in [-0.1, -0.05) is 24.3 Å². The molecule has 1 atom stereocenters. The molecule has 0 aromatic heterocycles. The second-order valence-electron chi connectivity index (χ2n) is 5.73. The van der Waals surface area contributed by atoms with Crippen molar-refractivity contribution in [1.29, 1.82) is 0 Å². The van der Waals surface area contributed by atoms with E-state index in [0.717, 1.165) is 16.8 Å². The van der Waals surface area contributed by atoms with Crippen molar-refractivity contribution in [3.63, 3.8) is 0 Å². The molecule has 23 heavy (non-hydrogen) atoms. The molecule has 0 radical (unpaired) electrons. The number of hydrogen-bond donors (Lipinski definition) is 1. The molecule has 0 aliphatic carbocycles. The van der Waals surface area contributed by atoms with Gasteiger partial charge < -0.3 is 15.0 Å². The Bertz CT molecular complexity index is 651. The third-order valence-corrected chi connectivity index (χ3v) is 3.91. The number of aryl methyl sites for hydroxylation is 1. The topological polar surface area (TPSA) is 41.6 Å². The lowest BCUT2D eigenvalue weighted by atomic mass is 10.0. The van der Waals surface area contributed by atoms with Crippen molar-refractivity contribution >= 4 is 11.6 Å². The summed E-state index contributed by atoms with van der Waals surface area (Å²) in [5.74, 6) is -0.0917. The predicted molar refractivity (Wildman–Crippen MR) is 94.0 cm³/mol. The summed E-state index contributed by atoms with van der Waals surface area (Å²) in [6, 6.07) is 15.6. The summed E-state index contributed by atoms with van der Waals surface area (Å²) < 4.78 is 5.53. The van der Waals surface area contributed by atoms with Crippen LogP contribution in [0.3, 0.4) is 0 Å². The van der Waals surface area contributed by atoms with Gasteiger partial charge in [0.05, 0.1) is 6.10 Å². The number of anilines is 1. The zero-order chi connectivity index (χ0) is 16.8. The molecule has 0 fully saturated rings. The van der Waals surface area contributed by atoms with Gasteiger partial charge in [-0.25, -0.2) is 0 Å². The molecular formula is C19H24N2O2. The Hall–Kier alpha value is -2.33. The monoisotopic (exact) mass is 312 g/mol. The summed E-state index contributed by atoms with van der Waals surface area (Å²) in [6.45, 7) is 2.48. The Morgan fingerprint density at radius 1 is 1.13 bits per heavy atom. The molecule has 4 nitrogen and oxygen atoms in total. The Morgan fingerprint density at radius 2 is 1.78 bits per heavy atom. The fourth-order valence-corrected chi connectivity index (χ4v) is 2.47. The van der Waals surface area contributed by atoms with Crippen LogP contribution in [-0.2, 0) is 4.74 Å². The first-order valence-electron chi connectivity index (χ1n) is 7.67. The predicted octanol–water partition coefficient (Wildman–Crippen LogP) is 3.18. The maximum Gasteiger partial charge on any atom is 0.251 e. The highest BCUT2D eigenvalue weighted by Gasteiger charge is 2.14. The van der Waals surface area contributed by atoms with Gasteiger partial charge in [0.1, 0.15) is 0 Å². The van der Waals surface area contributed by atoms with E-state index in [-0.39, 0.29) is 12.0 Å². The maximum absolute atomic E-state index is 12.3. The van der Waals surface area contributed by atoms with E-state index >= 15 is 0 Å². The molecule has 0 bridgehead atoms. The average molecular weight is 312 g/mol. The second kappa shape index (κ2) is 7.79. The summed E-state index contributed by atoms with van der Waals surface area (Å²) >= 11 is 0. The Kier molecular flexibility index (Phi) is 5.77. The standard InChI is InChI=1S/C19H24N2O2/c1-14-7-5-6-8-17(14)18(23-4)13-20-19(22)15-9-11-16(12-10-15)21(2)3/h5-12,18H,13H2,1-4H3,(H,20,22). The molecule has 0 heterocycles. The van der Waals surface area contributed by atoms with Crippen LogP contribution in [0, 0.1) is 6.92 Å². The fraction of sp³-hybridized carbons (Fsp3) is 0.316. The van der Waals surface area contributed by atoms with Crippen LogP contribution in [-0.4, -0.2) is 33.7 Å². The molecular weight excluding hydrogens is 288 g/mol. The highest BCUT2D eigenvalue weighted by molar-refractivity contribution is 5.94. The lowest BCUT2D eigenvalue weighted by Gasteiger charge is -2.19. The molecule has 1 unspecified atom stereocenters. The summed E-state index contributed by atoms with van der Waals surface area (Å²) in [7, 11) is 5.61. The summed E-state index contributed by atoms with van der Waals surface area (Å²) in [5.41, 5.74) is 3.97. The molecule has 0 saturated heterocycles. The van der Waals surface area contributed by atoms with Gasteiger partial charge in [0.15, 0.2) is 0 Å². The van der Waals surface area contributed by atoms with E-state index in [9.17, 15) is 4.79 Å². The van der Waals surface area contributed by atoms with Crippen LogP contribution < -0.4 is 10.2 Å². The Labute approximate surface area is 138 Å². The van der Waals surface area contributed by atoms with E-state index in [2.05, 4.69) is 5.32 Å². The van der Waals surface area contributed by atoms with Gasteiger partial charge in [-0.05, 0) is 42.3 Å². The molecule has 2 aromatic rings. The van der Waals surface area contributed by atoms with Gasteiger partial charge in [-0.15, -0.1) is 0 Å². The lowest BCUT2D eigenvalue weighted by molar-refractivity contribution is 0.0826. The number of nitrogens with zero attached hydrogens (tertiary/aromatic N) is 1. The molecule has 2 aromatic carbocycles. The smallest absolute Gasteiger partial charge is 0.251 e. The van der Waals surface area contributed by atoms with Crippen LogP contribution in [0.15, 0.2) is 48.5 Å². The molecule has 0 aliphatic rings. The van der Waals surface area contributed by atoms with Crippen molar-refractivity contribution in [2.75, 3.05) is 32.6 Å². The maximum atomic E-state index is 12.3. The van der Waals surface area contributed by atoms with Crippen LogP contribution in [0.2, 0.25) is 0 Å². The van der Waals surface area contributed by atoms with E-state index < -0.39 is 0 Å². The summed E-state index contributed by atoms with van der Waals surface area (Å²) in [5, 5.41) is 2.95. The lowest BCUT2D eigenvalue weighted by Crippen LogP contribution is -2.29. The van der Waals surface area contributed by atoms with Crippen LogP contribution in [0.25, 0.3) is 0 Å². The van der Waals surface area contributed by atoms with Crippen molar-refractivity contribution < 1.29 is 9.53 Å². The van der Waals surface area contributed by atoms with E-state index in [1.54, 1.807) is 7.11 Å². The molecule has 1 amide bonds. The third-order valence-electron chi connectivity index (χ3n) is 3.91. The van der Waals surface area contributed by atoms with Crippen molar-refractivity contribution in [2.24, 2.45) is 0 Å². The van der Waals surface area contributed by atoms with Gasteiger partial charge >= 0.3 is 0 Å². The molecule has 1 N–H and O–H groups in total. The minimum atomic E-state index is -0.152. The van der Waals surface area contributed by atoms with E-state index in [0.29, 0.717) is 12.1 Å².